The SMILES string of the molecule is Cc1cc(OCC(=O)N[C@@H](CC(=O)[O-])c2ccc(Cl)cc2)cc(C)c1Cl. The van der Waals surface area contributed by atoms with Crippen molar-refractivity contribution in [3.8, 4) is 5.75 Å². The Hall–Kier alpha value is -2.24. The Bertz CT molecular complexity index is 783. The normalized spacial score (nSPS) is 11.7. The summed E-state index contributed by atoms with van der Waals surface area (Å²) < 4.78 is 5.49. The number of halogens is 2. The number of hydrogen-bond acceptors (Lipinski definition) is 4. The van der Waals surface area contributed by atoms with E-state index in [0.717, 1.165) is 11.1 Å². The molecule has 0 bridgehead atoms. The number of nitrogens with one attached hydrogen (secondary N) is 1. The third-order valence-corrected chi connectivity index (χ3v) is 4.61. The zero-order chi connectivity index (χ0) is 19.3. The zero-order valence-electron chi connectivity index (χ0n) is 14.3. The van der Waals surface area contributed by atoms with Gasteiger partial charge in [0, 0.05) is 22.4 Å². The number of rotatable bonds is 7. The summed E-state index contributed by atoms with van der Waals surface area (Å²) >= 11 is 11.9. The number of aryl methyl sites for hydroxylation is 2. The molecule has 1 amide bonds. The first-order chi connectivity index (χ1) is 12.3. The van der Waals surface area contributed by atoms with Gasteiger partial charge >= 0.3 is 0 Å². The highest BCUT2D eigenvalue weighted by molar-refractivity contribution is 6.32. The van der Waals surface area contributed by atoms with Gasteiger partial charge in [0.25, 0.3) is 5.91 Å². The van der Waals surface area contributed by atoms with Gasteiger partial charge in [-0.1, -0.05) is 35.3 Å². The van der Waals surface area contributed by atoms with E-state index in [4.69, 9.17) is 27.9 Å². The van der Waals surface area contributed by atoms with Crippen LogP contribution in [0, 0.1) is 13.8 Å². The molecule has 0 aliphatic carbocycles. The molecular weight excluding hydrogens is 377 g/mol. The second-order valence-electron chi connectivity index (χ2n) is 5.91. The van der Waals surface area contributed by atoms with Crippen LogP contribution in [0.15, 0.2) is 36.4 Å². The molecule has 0 saturated carbocycles. The molecule has 1 N–H and O–H groups in total. The van der Waals surface area contributed by atoms with Crippen LogP contribution < -0.4 is 15.2 Å². The van der Waals surface area contributed by atoms with Crippen molar-refractivity contribution in [1.29, 1.82) is 0 Å². The first-order valence-electron chi connectivity index (χ1n) is 7.90. The van der Waals surface area contributed by atoms with E-state index >= 15 is 0 Å². The summed E-state index contributed by atoms with van der Waals surface area (Å²) in [6, 6.07) is 9.30. The first kappa shape index (κ1) is 20.1. The number of aliphatic carboxylic acids is 1. The van der Waals surface area contributed by atoms with Crippen molar-refractivity contribution in [1.82, 2.24) is 5.32 Å². The highest BCUT2D eigenvalue weighted by Crippen LogP contribution is 2.26. The number of ether oxygens (including phenoxy) is 1. The Morgan fingerprint density at radius 2 is 1.69 bits per heavy atom. The van der Waals surface area contributed by atoms with Crippen LogP contribution in [0.25, 0.3) is 0 Å². The Morgan fingerprint density at radius 1 is 1.12 bits per heavy atom. The van der Waals surface area contributed by atoms with Crippen LogP contribution in [0.2, 0.25) is 10.0 Å². The van der Waals surface area contributed by atoms with Crippen molar-refractivity contribution in [2.24, 2.45) is 0 Å². The number of carboxylic acids is 1. The number of hydrogen-bond donors (Lipinski definition) is 1. The average molecular weight is 395 g/mol. The Balaban J connectivity index is 2.03. The van der Waals surface area contributed by atoms with Gasteiger partial charge in [-0.2, -0.15) is 0 Å². The van der Waals surface area contributed by atoms with Gasteiger partial charge in [-0.05, 0) is 54.8 Å². The van der Waals surface area contributed by atoms with E-state index in [1.165, 1.54) is 0 Å². The van der Waals surface area contributed by atoms with Gasteiger partial charge in [0.15, 0.2) is 6.61 Å². The highest BCUT2D eigenvalue weighted by atomic mass is 35.5. The molecule has 0 heterocycles. The van der Waals surface area contributed by atoms with E-state index in [-0.39, 0.29) is 13.0 Å². The van der Waals surface area contributed by atoms with Crippen LogP contribution in [-0.2, 0) is 9.59 Å². The molecule has 0 saturated heterocycles. The Labute approximate surface area is 161 Å². The molecule has 0 aliphatic heterocycles. The topological polar surface area (TPSA) is 78.5 Å². The minimum absolute atomic E-state index is 0.252. The second-order valence-corrected chi connectivity index (χ2v) is 6.72. The van der Waals surface area contributed by atoms with Crippen molar-refractivity contribution in [2.75, 3.05) is 6.61 Å². The van der Waals surface area contributed by atoms with Crippen LogP contribution in [-0.4, -0.2) is 18.5 Å². The lowest BCUT2D eigenvalue weighted by atomic mass is 10.0. The fraction of sp³-hybridized carbons (Fsp3) is 0.263. The number of carbonyl (C=O) groups excluding carboxylic acids is 2. The maximum atomic E-state index is 12.2. The molecule has 1 atom stereocenters. The van der Waals surface area contributed by atoms with Crippen LogP contribution >= 0.6 is 23.2 Å². The smallest absolute Gasteiger partial charge is 0.258 e. The van der Waals surface area contributed by atoms with Gasteiger partial charge in [-0.3, -0.25) is 4.79 Å². The molecule has 0 radical (unpaired) electrons. The van der Waals surface area contributed by atoms with E-state index in [2.05, 4.69) is 5.32 Å². The van der Waals surface area contributed by atoms with Crippen LogP contribution in [0.1, 0.15) is 29.2 Å². The summed E-state index contributed by atoms with van der Waals surface area (Å²) in [5, 5.41) is 14.8. The maximum Gasteiger partial charge on any atom is 0.258 e. The van der Waals surface area contributed by atoms with Gasteiger partial charge < -0.3 is 20.0 Å². The molecule has 2 rings (SSSR count). The van der Waals surface area contributed by atoms with E-state index < -0.39 is 17.9 Å². The van der Waals surface area contributed by atoms with Crippen molar-refractivity contribution in [3.63, 3.8) is 0 Å². The standard InChI is InChI=1S/C19H19Cl2NO4/c1-11-7-15(8-12(2)19(11)21)26-10-17(23)22-16(9-18(24)25)13-3-5-14(20)6-4-13/h3-8,16H,9-10H2,1-2H3,(H,22,23)(H,24,25)/p-1/t16-/m0/s1. The van der Waals surface area contributed by atoms with Crippen molar-refractivity contribution >= 4 is 35.1 Å². The van der Waals surface area contributed by atoms with Crippen molar-refractivity contribution in [3.05, 3.63) is 63.1 Å². The molecule has 0 unspecified atom stereocenters. The number of benzene rings is 2. The molecule has 7 heteroatoms. The lowest BCUT2D eigenvalue weighted by Crippen LogP contribution is -2.36. The maximum absolute atomic E-state index is 12.2. The van der Waals surface area contributed by atoms with Crippen LogP contribution in [0.4, 0.5) is 0 Å². The third kappa shape index (κ3) is 5.64. The summed E-state index contributed by atoms with van der Waals surface area (Å²) in [6.45, 7) is 3.44. The van der Waals surface area contributed by atoms with E-state index in [1.54, 1.807) is 36.4 Å². The second kappa shape index (κ2) is 8.92. The Morgan fingerprint density at radius 3 is 2.23 bits per heavy atom. The summed E-state index contributed by atoms with van der Waals surface area (Å²) in [5.74, 6) is -1.20. The highest BCUT2D eigenvalue weighted by Gasteiger charge is 2.16. The Kier molecular flexibility index (Phi) is 6.89. The van der Waals surface area contributed by atoms with Crippen LogP contribution in [0.5, 0.6) is 5.75 Å². The zero-order valence-corrected chi connectivity index (χ0v) is 15.9. The van der Waals surface area contributed by atoms with E-state index in [1.807, 2.05) is 13.8 Å². The lowest BCUT2D eigenvalue weighted by Gasteiger charge is -2.20. The van der Waals surface area contributed by atoms with Crippen LogP contribution in [0.3, 0.4) is 0 Å². The van der Waals surface area contributed by atoms with Gasteiger partial charge in [0.1, 0.15) is 5.75 Å². The van der Waals surface area contributed by atoms with Gasteiger partial charge in [0.05, 0.1) is 6.04 Å². The molecule has 138 valence electrons. The first-order valence-corrected chi connectivity index (χ1v) is 8.66. The van der Waals surface area contributed by atoms with Gasteiger partial charge in [-0.15, -0.1) is 0 Å². The van der Waals surface area contributed by atoms with Gasteiger partial charge in [-0.25, -0.2) is 0 Å². The summed E-state index contributed by atoms with van der Waals surface area (Å²) in [7, 11) is 0. The fourth-order valence-electron chi connectivity index (χ4n) is 2.49. The van der Waals surface area contributed by atoms with Crippen molar-refractivity contribution in [2.45, 2.75) is 26.3 Å². The minimum Gasteiger partial charge on any atom is -0.550 e. The molecule has 0 aliphatic rings. The predicted octanol–water partition coefficient (Wildman–Crippen LogP) is 2.99. The fourth-order valence-corrected chi connectivity index (χ4v) is 2.72. The van der Waals surface area contributed by atoms with Gasteiger partial charge in [0.2, 0.25) is 0 Å². The van der Waals surface area contributed by atoms with E-state index in [9.17, 15) is 14.7 Å². The summed E-state index contributed by atoms with van der Waals surface area (Å²) in [4.78, 5) is 23.2. The monoisotopic (exact) mass is 394 g/mol. The third-order valence-electron chi connectivity index (χ3n) is 3.76. The van der Waals surface area contributed by atoms with Crippen molar-refractivity contribution < 1.29 is 19.4 Å². The lowest BCUT2D eigenvalue weighted by molar-refractivity contribution is -0.306. The molecule has 2 aromatic carbocycles. The summed E-state index contributed by atoms with van der Waals surface area (Å²) in [6.07, 6.45) is -0.355. The van der Waals surface area contributed by atoms with E-state index in [0.29, 0.717) is 21.4 Å². The minimum atomic E-state index is -1.27. The molecule has 0 spiro atoms. The summed E-state index contributed by atoms with van der Waals surface area (Å²) in [5.41, 5.74) is 2.31. The molecule has 26 heavy (non-hydrogen) atoms. The molecule has 5 nitrogen and oxygen atoms in total. The molecule has 0 aromatic heterocycles. The number of carboxylic acid groups (broad SMARTS) is 1. The number of amides is 1. The molecule has 2 aromatic rings. The molecular formula is C19H18Cl2NO4-. The number of carbonyl (C=O) groups is 2. The predicted molar refractivity (Wildman–Crippen MR) is 98.4 cm³/mol. The average Bonchev–Trinajstić information content (AvgIpc) is 2.57. The molecule has 0 fully saturated rings. The largest absolute Gasteiger partial charge is 0.550 e. The quantitative estimate of drug-likeness (QED) is 0.782.